The molecule has 0 spiro atoms. The lowest BCUT2D eigenvalue weighted by Crippen LogP contribution is -2.70. The monoisotopic (exact) mass is 460 g/mol. The van der Waals surface area contributed by atoms with Crippen molar-refractivity contribution in [2.45, 2.75) is 89.3 Å². The molecular formula is C20H26F6O5. The van der Waals surface area contributed by atoms with Gasteiger partial charge in [-0.3, -0.25) is 0 Å². The Labute approximate surface area is 175 Å². The van der Waals surface area contributed by atoms with E-state index in [9.17, 15) is 36.6 Å². The molecule has 31 heavy (non-hydrogen) atoms. The fourth-order valence-corrected chi connectivity index (χ4v) is 3.74. The van der Waals surface area contributed by atoms with Gasteiger partial charge in [0.2, 0.25) is 0 Å². The molecule has 0 saturated heterocycles. The summed E-state index contributed by atoms with van der Waals surface area (Å²) in [5, 5.41) is 19.5. The molecule has 1 atom stereocenters. The van der Waals surface area contributed by atoms with Crippen LogP contribution in [0.3, 0.4) is 0 Å². The minimum atomic E-state index is -6.04. The molecule has 2 N–H and O–H groups in total. The van der Waals surface area contributed by atoms with Crippen LogP contribution in [0, 0.1) is 0 Å². The van der Waals surface area contributed by atoms with Gasteiger partial charge in [-0.2, -0.15) is 26.3 Å². The summed E-state index contributed by atoms with van der Waals surface area (Å²) in [6.45, 7) is 5.88. The van der Waals surface area contributed by atoms with Gasteiger partial charge in [0.1, 0.15) is 11.2 Å². The van der Waals surface area contributed by atoms with Crippen LogP contribution in [-0.2, 0) is 10.3 Å². The van der Waals surface area contributed by atoms with Crippen LogP contribution in [0.2, 0.25) is 0 Å². The molecule has 5 nitrogen and oxygen atoms in total. The van der Waals surface area contributed by atoms with E-state index in [1.54, 1.807) is 20.8 Å². The Hall–Kier alpha value is -1.72. The third kappa shape index (κ3) is 4.07. The summed E-state index contributed by atoms with van der Waals surface area (Å²) in [6, 6.07) is 2.79. The van der Waals surface area contributed by atoms with Gasteiger partial charge in [-0.25, -0.2) is 0 Å². The number of alkyl halides is 6. The molecule has 0 fully saturated rings. The Morgan fingerprint density at radius 2 is 1.45 bits per heavy atom. The van der Waals surface area contributed by atoms with Crippen LogP contribution in [-0.4, -0.2) is 40.1 Å². The lowest BCUT2D eigenvalue weighted by atomic mass is 9.81. The van der Waals surface area contributed by atoms with E-state index in [1.807, 2.05) is 0 Å². The van der Waals surface area contributed by atoms with Crippen molar-refractivity contribution >= 4 is 11.2 Å². The number of aliphatic hydroxyl groups is 2. The molecule has 0 aliphatic heterocycles. The predicted molar refractivity (Wildman–Crippen MR) is 98.8 cm³/mol. The molecule has 0 saturated carbocycles. The first kappa shape index (κ1) is 25.5. The standard InChI is InChI=1S/C20H26F6O5/c1-6-15(27)30-14-10-12-11(9-13(14)29-12)17(7-2,8-3)31-16(4,5)18(28,19(21,22)23)20(24,25)26/h9-10,15,27-28H,6-8H2,1-5H3. The first-order valence-corrected chi connectivity index (χ1v) is 9.76. The maximum Gasteiger partial charge on any atom is 0.429 e. The summed E-state index contributed by atoms with van der Waals surface area (Å²) >= 11 is 0. The number of halogens is 6. The predicted octanol–water partition coefficient (Wildman–Crippen LogP) is 5.64. The SMILES string of the molecule is CCC(O)Oc1cc2oc1cc2C(CC)(CC)OC(C)(C)C(O)(C(F)(F)F)C(F)(F)F. The van der Waals surface area contributed by atoms with Crippen LogP contribution < -0.4 is 4.74 Å². The van der Waals surface area contributed by atoms with E-state index < -0.39 is 35.4 Å². The van der Waals surface area contributed by atoms with Crippen LogP contribution in [0.25, 0.3) is 11.2 Å². The number of fused-ring (bicyclic) bond motifs is 2. The average Bonchev–Trinajstić information content (AvgIpc) is 3.24. The van der Waals surface area contributed by atoms with Crippen molar-refractivity contribution in [2.75, 3.05) is 0 Å². The lowest BCUT2D eigenvalue weighted by molar-refractivity contribution is -0.422. The molecular weight excluding hydrogens is 434 g/mol. The van der Waals surface area contributed by atoms with Gasteiger partial charge < -0.3 is 24.1 Å². The first-order valence-electron chi connectivity index (χ1n) is 9.76. The minimum absolute atomic E-state index is 0.00763. The maximum atomic E-state index is 13.5. The zero-order valence-corrected chi connectivity index (χ0v) is 17.7. The van der Waals surface area contributed by atoms with Crippen LogP contribution in [0.1, 0.15) is 59.4 Å². The molecule has 2 heterocycles. The zero-order valence-electron chi connectivity index (χ0n) is 17.7. The molecule has 1 unspecified atom stereocenters. The van der Waals surface area contributed by atoms with Crippen molar-refractivity contribution in [3.05, 3.63) is 17.7 Å². The van der Waals surface area contributed by atoms with Gasteiger partial charge in [-0.1, -0.05) is 20.8 Å². The molecule has 0 aromatic carbocycles. The second kappa shape index (κ2) is 8.00. The zero-order chi connectivity index (χ0) is 24.0. The normalized spacial score (nSPS) is 15.6. The Bertz CT molecular complexity index is 851. The van der Waals surface area contributed by atoms with Crippen LogP contribution >= 0.6 is 0 Å². The van der Waals surface area contributed by atoms with Gasteiger partial charge in [0.25, 0.3) is 5.60 Å². The number of aliphatic hydroxyl groups excluding tert-OH is 1. The minimum Gasteiger partial charge on any atom is -0.461 e. The Balaban J connectivity index is 2.53. The van der Waals surface area contributed by atoms with Crippen LogP contribution in [0.15, 0.2) is 16.5 Å². The largest absolute Gasteiger partial charge is 0.461 e. The summed E-state index contributed by atoms with van der Waals surface area (Å²) in [6.07, 6.45) is -12.9. The Kier molecular flexibility index (Phi) is 6.59. The van der Waals surface area contributed by atoms with E-state index >= 15 is 0 Å². The number of ether oxygens (including phenoxy) is 2. The Morgan fingerprint density at radius 1 is 0.935 bits per heavy atom. The van der Waals surface area contributed by atoms with Crippen LogP contribution in [0.4, 0.5) is 26.3 Å². The van der Waals surface area contributed by atoms with Crippen LogP contribution in [0.5, 0.6) is 5.75 Å². The highest BCUT2D eigenvalue weighted by molar-refractivity contribution is 5.75. The first-order chi connectivity index (χ1) is 14.0. The second-order valence-corrected chi connectivity index (χ2v) is 7.90. The van der Waals surface area contributed by atoms with E-state index in [0.717, 1.165) is 0 Å². The van der Waals surface area contributed by atoms with Gasteiger partial charge in [0, 0.05) is 18.1 Å². The number of benzene rings is 1. The number of hydrogen-bond acceptors (Lipinski definition) is 5. The topological polar surface area (TPSA) is 72.1 Å². The highest BCUT2D eigenvalue weighted by atomic mass is 19.4. The fraction of sp³-hybridized carbons (Fsp3) is 0.700. The van der Waals surface area contributed by atoms with Crippen molar-refractivity contribution in [3.63, 3.8) is 0 Å². The maximum absolute atomic E-state index is 13.5. The summed E-state index contributed by atoms with van der Waals surface area (Å²) in [5.74, 6) is 0.190. The van der Waals surface area contributed by atoms with Crippen molar-refractivity contribution in [1.82, 2.24) is 0 Å². The third-order valence-electron chi connectivity index (χ3n) is 5.65. The molecule has 0 aliphatic rings. The van der Waals surface area contributed by atoms with Gasteiger partial charge in [-0.05, 0) is 32.8 Å². The molecule has 0 aliphatic carbocycles. The third-order valence-corrected chi connectivity index (χ3v) is 5.65. The smallest absolute Gasteiger partial charge is 0.429 e. The van der Waals surface area contributed by atoms with Gasteiger partial charge in [-0.15, -0.1) is 0 Å². The molecule has 2 aromatic rings. The van der Waals surface area contributed by atoms with Crippen molar-refractivity contribution in [2.24, 2.45) is 0 Å². The molecule has 2 rings (SSSR count). The number of furan rings is 2. The van der Waals surface area contributed by atoms with E-state index in [-0.39, 0.29) is 41.7 Å². The fourth-order valence-electron chi connectivity index (χ4n) is 3.74. The average molecular weight is 460 g/mol. The number of hydrogen-bond donors (Lipinski definition) is 2. The van der Waals surface area contributed by atoms with Gasteiger partial charge in [0.05, 0.1) is 5.60 Å². The highest BCUT2D eigenvalue weighted by Crippen LogP contribution is 2.54. The van der Waals surface area contributed by atoms with Gasteiger partial charge >= 0.3 is 12.4 Å². The van der Waals surface area contributed by atoms with E-state index in [0.29, 0.717) is 13.8 Å². The molecule has 2 bridgehead atoms. The molecule has 178 valence electrons. The summed E-state index contributed by atoms with van der Waals surface area (Å²) < 4.78 is 97.1. The molecule has 2 aromatic heterocycles. The molecule has 0 amide bonds. The van der Waals surface area contributed by atoms with Crippen molar-refractivity contribution < 1.29 is 50.4 Å². The van der Waals surface area contributed by atoms with Gasteiger partial charge in [0.15, 0.2) is 17.6 Å². The highest BCUT2D eigenvalue weighted by Gasteiger charge is 2.78. The molecule has 11 heteroatoms. The number of rotatable bonds is 9. The van der Waals surface area contributed by atoms with E-state index in [1.165, 1.54) is 12.1 Å². The van der Waals surface area contributed by atoms with E-state index in [4.69, 9.17) is 13.9 Å². The van der Waals surface area contributed by atoms with E-state index in [2.05, 4.69) is 0 Å². The lowest BCUT2D eigenvalue weighted by Gasteiger charge is -2.48. The van der Waals surface area contributed by atoms with Crippen molar-refractivity contribution in [3.8, 4) is 5.75 Å². The summed E-state index contributed by atoms with van der Waals surface area (Å²) in [7, 11) is 0. The second-order valence-electron chi connectivity index (χ2n) is 7.90. The Morgan fingerprint density at radius 3 is 1.81 bits per heavy atom. The van der Waals surface area contributed by atoms with Crippen molar-refractivity contribution in [1.29, 1.82) is 0 Å². The summed E-state index contributed by atoms with van der Waals surface area (Å²) in [4.78, 5) is 0. The quantitative estimate of drug-likeness (QED) is 0.374. The summed E-state index contributed by atoms with van der Waals surface area (Å²) in [5.41, 5.74) is -9.33. The molecule has 0 radical (unpaired) electrons.